The minimum absolute atomic E-state index is 0.0798. The van der Waals surface area contributed by atoms with Crippen molar-refractivity contribution in [1.82, 2.24) is 9.97 Å². The maximum atomic E-state index is 12.8. The molecule has 3 aromatic rings. The summed E-state index contributed by atoms with van der Waals surface area (Å²) < 4.78 is 34.1. The molecule has 1 aliphatic heterocycles. The lowest BCUT2D eigenvalue weighted by Gasteiger charge is -2.04. The monoisotopic (exact) mass is 370 g/mol. The van der Waals surface area contributed by atoms with Crippen LogP contribution in [0.3, 0.4) is 0 Å². The molecule has 1 amide bonds. The zero-order valence-corrected chi connectivity index (χ0v) is 12.9. The van der Waals surface area contributed by atoms with Gasteiger partial charge in [-0.2, -0.15) is 0 Å². The van der Waals surface area contributed by atoms with Gasteiger partial charge in [0, 0.05) is 18.2 Å². The van der Waals surface area contributed by atoms with Crippen LogP contribution in [0.4, 0.5) is 19.7 Å². The number of imidazole rings is 1. The number of ether oxygens (including phenoxy) is 2. The SMILES string of the molecule is O=CNc1nc2cc3c(cc2[nH]1)OC(F)(F)O3.O=[N+]([O-])c1cccs1. The van der Waals surface area contributed by atoms with E-state index in [-0.39, 0.29) is 22.4 Å². The zero-order valence-electron chi connectivity index (χ0n) is 12.1. The summed E-state index contributed by atoms with van der Waals surface area (Å²) in [5.74, 6) is 0.0425. The number of rotatable bonds is 3. The predicted molar refractivity (Wildman–Crippen MR) is 83.0 cm³/mol. The largest absolute Gasteiger partial charge is 0.586 e. The predicted octanol–water partition coefficient (Wildman–Crippen LogP) is 3.11. The van der Waals surface area contributed by atoms with Crippen LogP contribution in [0.25, 0.3) is 11.0 Å². The van der Waals surface area contributed by atoms with Crippen molar-refractivity contribution in [1.29, 1.82) is 0 Å². The summed E-state index contributed by atoms with van der Waals surface area (Å²) in [7, 11) is 0. The summed E-state index contributed by atoms with van der Waals surface area (Å²) >= 11 is 1.13. The van der Waals surface area contributed by atoms with Crippen LogP contribution in [0.1, 0.15) is 0 Å². The average molecular weight is 370 g/mol. The number of hydrogen-bond donors (Lipinski definition) is 2. The van der Waals surface area contributed by atoms with Crippen LogP contribution in [0.15, 0.2) is 29.6 Å². The van der Waals surface area contributed by atoms with E-state index in [4.69, 9.17) is 0 Å². The fourth-order valence-corrected chi connectivity index (χ4v) is 2.49. The van der Waals surface area contributed by atoms with Crippen LogP contribution in [0.2, 0.25) is 0 Å². The molecule has 0 radical (unpaired) electrons. The third-order valence-electron chi connectivity index (χ3n) is 2.89. The Bertz CT molecular complexity index is 883. The number of aromatic amines is 1. The Labute approximate surface area is 141 Å². The van der Waals surface area contributed by atoms with E-state index in [0.29, 0.717) is 17.4 Å². The van der Waals surface area contributed by atoms with Gasteiger partial charge in [-0.25, -0.2) is 4.98 Å². The van der Waals surface area contributed by atoms with E-state index in [1.807, 2.05) is 0 Å². The maximum absolute atomic E-state index is 12.8. The molecule has 12 heteroatoms. The van der Waals surface area contributed by atoms with Crippen molar-refractivity contribution in [3.8, 4) is 11.5 Å². The first-order valence-corrected chi connectivity index (χ1v) is 7.43. The lowest BCUT2D eigenvalue weighted by molar-refractivity contribution is -0.380. The molecule has 0 unspecified atom stereocenters. The van der Waals surface area contributed by atoms with Crippen LogP contribution < -0.4 is 14.8 Å². The minimum atomic E-state index is -3.65. The molecule has 1 aliphatic rings. The van der Waals surface area contributed by atoms with Crippen molar-refractivity contribution in [2.75, 3.05) is 5.32 Å². The van der Waals surface area contributed by atoms with Gasteiger partial charge in [-0.05, 0) is 11.4 Å². The standard InChI is InChI=1S/C9H5F2N3O3.C4H3NO2S/c10-9(11)16-6-1-4-5(2-7(6)17-9)14-8(13-4)12-3-15;6-5(7)4-2-1-3-8-4/h1-3H,(H2,12,13,14,15);1-3H. The molecule has 0 aliphatic carbocycles. The summed E-state index contributed by atoms with van der Waals surface area (Å²) in [6.45, 7) is 0. The number of carbonyl (C=O) groups excluding carboxylic acids is 1. The normalized spacial score (nSPS) is 13.8. The number of nitro groups is 1. The molecule has 25 heavy (non-hydrogen) atoms. The van der Waals surface area contributed by atoms with Gasteiger partial charge in [0.05, 0.1) is 16.0 Å². The fourth-order valence-electron chi connectivity index (χ4n) is 1.95. The van der Waals surface area contributed by atoms with Crippen LogP contribution in [-0.2, 0) is 4.79 Å². The van der Waals surface area contributed by atoms with Gasteiger partial charge in [0.15, 0.2) is 11.5 Å². The van der Waals surface area contributed by atoms with E-state index < -0.39 is 11.2 Å². The van der Waals surface area contributed by atoms with Crippen LogP contribution >= 0.6 is 11.3 Å². The number of alkyl halides is 2. The zero-order chi connectivity index (χ0) is 18.0. The van der Waals surface area contributed by atoms with Gasteiger partial charge in [-0.3, -0.25) is 20.2 Å². The molecule has 2 N–H and O–H groups in total. The minimum Gasteiger partial charge on any atom is -0.395 e. The second kappa shape index (κ2) is 6.32. The van der Waals surface area contributed by atoms with Gasteiger partial charge in [0.1, 0.15) is 0 Å². The molecule has 0 saturated carbocycles. The van der Waals surface area contributed by atoms with Crippen molar-refractivity contribution >= 4 is 39.7 Å². The first-order chi connectivity index (χ1) is 11.9. The number of benzene rings is 1. The fraction of sp³-hybridized carbons (Fsp3) is 0.0769. The number of nitrogens with zero attached hydrogens (tertiary/aromatic N) is 2. The Hall–Kier alpha value is -3.28. The number of nitrogens with one attached hydrogen (secondary N) is 2. The number of anilines is 1. The molecule has 1 aromatic carbocycles. The number of hydrogen-bond acceptors (Lipinski definition) is 7. The van der Waals surface area contributed by atoms with Crippen molar-refractivity contribution < 1.29 is 28.0 Å². The summed E-state index contributed by atoms with van der Waals surface area (Å²) in [5.41, 5.74) is 0.837. The quantitative estimate of drug-likeness (QED) is 0.415. The lowest BCUT2D eigenvalue weighted by atomic mass is 10.3. The molecule has 9 nitrogen and oxygen atoms in total. The van der Waals surface area contributed by atoms with Gasteiger partial charge in [0.2, 0.25) is 12.4 Å². The van der Waals surface area contributed by atoms with E-state index in [2.05, 4.69) is 24.8 Å². The van der Waals surface area contributed by atoms with Gasteiger partial charge in [-0.1, -0.05) is 11.3 Å². The molecule has 0 atom stereocenters. The Morgan fingerprint density at radius 2 is 2.08 bits per heavy atom. The Morgan fingerprint density at radius 3 is 2.64 bits per heavy atom. The molecule has 0 bridgehead atoms. The van der Waals surface area contributed by atoms with Crippen molar-refractivity contribution in [3.63, 3.8) is 0 Å². The highest BCUT2D eigenvalue weighted by molar-refractivity contribution is 7.13. The summed E-state index contributed by atoms with van der Waals surface area (Å²) in [6, 6.07) is 5.76. The van der Waals surface area contributed by atoms with Gasteiger partial charge < -0.3 is 14.5 Å². The number of carbonyl (C=O) groups is 1. The van der Waals surface area contributed by atoms with Crippen molar-refractivity contribution in [3.05, 3.63) is 39.8 Å². The van der Waals surface area contributed by atoms with Crippen LogP contribution in [0, 0.1) is 10.1 Å². The highest BCUT2D eigenvalue weighted by Crippen LogP contribution is 2.42. The lowest BCUT2D eigenvalue weighted by Crippen LogP contribution is -2.25. The Balaban J connectivity index is 0.000000192. The maximum Gasteiger partial charge on any atom is 0.586 e. The van der Waals surface area contributed by atoms with Gasteiger partial charge >= 0.3 is 11.3 Å². The third kappa shape index (κ3) is 3.63. The van der Waals surface area contributed by atoms with E-state index in [1.165, 1.54) is 18.2 Å². The molecule has 2 aromatic heterocycles. The highest BCUT2D eigenvalue weighted by Gasteiger charge is 2.43. The van der Waals surface area contributed by atoms with Crippen LogP contribution in [-0.4, -0.2) is 27.6 Å². The summed E-state index contributed by atoms with van der Waals surface area (Å²) in [4.78, 5) is 26.4. The molecule has 130 valence electrons. The first kappa shape index (κ1) is 16.6. The number of thiophene rings is 1. The smallest absolute Gasteiger partial charge is 0.395 e. The van der Waals surface area contributed by atoms with E-state index in [9.17, 15) is 23.7 Å². The molecule has 3 heterocycles. The topological polar surface area (TPSA) is 119 Å². The second-order valence-corrected chi connectivity index (χ2v) is 5.47. The highest BCUT2D eigenvalue weighted by atomic mass is 32.1. The van der Waals surface area contributed by atoms with E-state index >= 15 is 0 Å². The Kier molecular flexibility index (Phi) is 4.19. The Morgan fingerprint density at radius 1 is 1.36 bits per heavy atom. The molecule has 0 saturated heterocycles. The molecule has 0 fully saturated rings. The number of H-pyrrole nitrogens is 1. The van der Waals surface area contributed by atoms with Gasteiger partial charge in [-0.15, -0.1) is 8.78 Å². The first-order valence-electron chi connectivity index (χ1n) is 6.55. The van der Waals surface area contributed by atoms with Gasteiger partial charge in [0.25, 0.3) is 0 Å². The number of fused-ring (bicyclic) bond motifs is 2. The summed E-state index contributed by atoms with van der Waals surface area (Å²) in [6.07, 6.45) is -3.20. The molecule has 0 spiro atoms. The molecule has 4 rings (SSSR count). The average Bonchev–Trinajstić information content (AvgIpc) is 3.21. The summed E-state index contributed by atoms with van der Waals surface area (Å²) in [5, 5.41) is 14.1. The third-order valence-corrected chi connectivity index (χ3v) is 3.71. The van der Waals surface area contributed by atoms with E-state index in [1.54, 1.807) is 11.4 Å². The van der Waals surface area contributed by atoms with Crippen molar-refractivity contribution in [2.24, 2.45) is 0 Å². The molecular formula is C13H8F2N4O5S. The van der Waals surface area contributed by atoms with E-state index in [0.717, 1.165) is 11.3 Å². The van der Waals surface area contributed by atoms with Crippen molar-refractivity contribution in [2.45, 2.75) is 6.29 Å². The molecular weight excluding hydrogens is 362 g/mol. The second-order valence-electron chi connectivity index (χ2n) is 4.54. The number of amides is 1. The van der Waals surface area contributed by atoms with Crippen LogP contribution in [0.5, 0.6) is 11.5 Å². The number of halogens is 2. The number of aromatic nitrogens is 2.